The number of hydrogen-bond donors (Lipinski definition) is 0. The van der Waals surface area contributed by atoms with Crippen LogP contribution >= 0.6 is 11.6 Å². The normalized spacial score (nSPS) is 11.1. The molecule has 0 aliphatic rings. The first-order chi connectivity index (χ1) is 9.97. The first-order valence-corrected chi connectivity index (χ1v) is 6.74. The molecule has 0 aliphatic carbocycles. The summed E-state index contributed by atoms with van der Waals surface area (Å²) in [6, 6.07) is 7.87. The number of nitrogens with zero attached hydrogens (tertiary/aromatic N) is 2. The fourth-order valence-corrected chi connectivity index (χ4v) is 2.60. The van der Waals surface area contributed by atoms with Crippen molar-refractivity contribution in [2.45, 2.75) is 13.8 Å². The van der Waals surface area contributed by atoms with Crippen molar-refractivity contribution in [1.82, 2.24) is 9.97 Å². The second kappa shape index (κ2) is 5.04. The molecule has 2 aromatic carbocycles. The fraction of sp³-hybridized carbons (Fsp3) is 0.125. The predicted molar refractivity (Wildman–Crippen MR) is 79.4 cm³/mol. The third kappa shape index (κ3) is 2.36. The summed E-state index contributed by atoms with van der Waals surface area (Å²) in [4.78, 5) is 8.56. The maximum absolute atomic E-state index is 13.4. The van der Waals surface area contributed by atoms with Gasteiger partial charge in [0.2, 0.25) is 0 Å². The molecule has 0 amide bonds. The maximum atomic E-state index is 13.4. The van der Waals surface area contributed by atoms with E-state index in [9.17, 15) is 8.78 Å². The van der Waals surface area contributed by atoms with Crippen LogP contribution in [0.3, 0.4) is 0 Å². The van der Waals surface area contributed by atoms with Gasteiger partial charge in [0, 0.05) is 17.0 Å². The summed E-state index contributed by atoms with van der Waals surface area (Å²) in [6.45, 7) is 3.88. The van der Waals surface area contributed by atoms with Crippen LogP contribution < -0.4 is 0 Å². The van der Waals surface area contributed by atoms with Crippen LogP contribution in [-0.4, -0.2) is 9.97 Å². The van der Waals surface area contributed by atoms with E-state index in [2.05, 4.69) is 9.97 Å². The molecule has 0 atom stereocenters. The van der Waals surface area contributed by atoms with Crippen LogP contribution in [0.1, 0.15) is 11.1 Å². The van der Waals surface area contributed by atoms with E-state index < -0.39 is 11.6 Å². The van der Waals surface area contributed by atoms with Crippen molar-refractivity contribution in [1.29, 1.82) is 0 Å². The van der Waals surface area contributed by atoms with Crippen LogP contribution in [0.4, 0.5) is 8.78 Å². The maximum Gasteiger partial charge on any atom is 0.162 e. The Morgan fingerprint density at radius 2 is 1.57 bits per heavy atom. The summed E-state index contributed by atoms with van der Waals surface area (Å²) in [5.41, 5.74) is 3.12. The van der Waals surface area contributed by atoms with Crippen LogP contribution in [0.25, 0.3) is 22.3 Å². The molecule has 0 radical (unpaired) electrons. The molecule has 0 unspecified atom stereocenters. The van der Waals surface area contributed by atoms with Gasteiger partial charge in [-0.1, -0.05) is 29.8 Å². The van der Waals surface area contributed by atoms with Crippen molar-refractivity contribution in [3.8, 4) is 11.4 Å². The predicted octanol–water partition coefficient (Wildman–Crippen LogP) is 4.85. The van der Waals surface area contributed by atoms with E-state index in [1.165, 1.54) is 0 Å². The second-order valence-corrected chi connectivity index (χ2v) is 5.25. The van der Waals surface area contributed by atoms with Crippen LogP contribution in [-0.2, 0) is 0 Å². The minimum Gasteiger partial charge on any atom is -0.228 e. The van der Waals surface area contributed by atoms with Gasteiger partial charge in [-0.15, -0.1) is 0 Å². The molecule has 21 heavy (non-hydrogen) atoms. The molecular weight excluding hydrogens is 294 g/mol. The molecule has 2 nitrogen and oxygen atoms in total. The van der Waals surface area contributed by atoms with Crippen molar-refractivity contribution in [2.75, 3.05) is 0 Å². The zero-order valence-corrected chi connectivity index (χ0v) is 12.2. The highest BCUT2D eigenvalue weighted by Gasteiger charge is 2.14. The van der Waals surface area contributed by atoms with E-state index in [4.69, 9.17) is 11.6 Å². The lowest BCUT2D eigenvalue weighted by atomic mass is 10.0. The molecule has 0 N–H and O–H groups in total. The van der Waals surface area contributed by atoms with E-state index in [1.807, 2.05) is 32.0 Å². The lowest BCUT2D eigenvalue weighted by molar-refractivity contribution is 0.510. The van der Waals surface area contributed by atoms with Crippen molar-refractivity contribution in [3.05, 3.63) is 58.2 Å². The topological polar surface area (TPSA) is 25.8 Å². The number of benzene rings is 2. The Hall–Kier alpha value is -2.07. The van der Waals surface area contributed by atoms with Crippen molar-refractivity contribution in [2.24, 2.45) is 0 Å². The molecule has 1 heterocycles. The largest absolute Gasteiger partial charge is 0.228 e. The van der Waals surface area contributed by atoms with E-state index in [1.54, 1.807) is 0 Å². The Bertz CT molecular complexity index is 842. The summed E-state index contributed by atoms with van der Waals surface area (Å²) < 4.78 is 26.7. The van der Waals surface area contributed by atoms with Gasteiger partial charge in [-0.05, 0) is 31.0 Å². The Balaban J connectivity index is 2.33. The molecule has 106 valence electrons. The molecule has 0 bridgehead atoms. The highest BCUT2D eigenvalue weighted by atomic mass is 35.5. The zero-order valence-electron chi connectivity index (χ0n) is 11.4. The van der Waals surface area contributed by atoms with E-state index in [-0.39, 0.29) is 10.7 Å². The van der Waals surface area contributed by atoms with E-state index in [0.717, 1.165) is 28.8 Å². The average molecular weight is 305 g/mol. The molecule has 0 saturated heterocycles. The van der Waals surface area contributed by atoms with Gasteiger partial charge < -0.3 is 0 Å². The Morgan fingerprint density at radius 3 is 2.24 bits per heavy atom. The van der Waals surface area contributed by atoms with Crippen LogP contribution in [0.15, 0.2) is 30.3 Å². The molecule has 0 saturated carbocycles. The number of rotatable bonds is 1. The summed E-state index contributed by atoms with van der Waals surface area (Å²) in [5.74, 6) is -1.51. The number of hydrogen-bond acceptors (Lipinski definition) is 2. The fourth-order valence-electron chi connectivity index (χ4n) is 2.37. The average Bonchev–Trinajstić information content (AvgIpc) is 2.41. The molecule has 1 aromatic heterocycles. The first-order valence-electron chi connectivity index (χ1n) is 6.36. The molecule has 3 aromatic rings. The van der Waals surface area contributed by atoms with Crippen LogP contribution in [0.5, 0.6) is 0 Å². The summed E-state index contributed by atoms with van der Waals surface area (Å²) in [5, 5.41) is 0.405. The summed E-state index contributed by atoms with van der Waals surface area (Å²) in [6.07, 6.45) is 0. The minimum atomic E-state index is -0.965. The lowest BCUT2D eigenvalue weighted by Gasteiger charge is -2.10. The van der Waals surface area contributed by atoms with Crippen LogP contribution in [0, 0.1) is 25.5 Å². The van der Waals surface area contributed by atoms with Gasteiger partial charge in [-0.25, -0.2) is 18.7 Å². The van der Waals surface area contributed by atoms with Gasteiger partial charge in [0.15, 0.2) is 17.5 Å². The molecule has 3 rings (SSSR count). The highest BCUT2D eigenvalue weighted by Crippen LogP contribution is 2.29. The highest BCUT2D eigenvalue weighted by molar-refractivity contribution is 6.34. The number of halogens is 3. The number of fused-ring (bicyclic) bond motifs is 1. The van der Waals surface area contributed by atoms with Crippen molar-refractivity contribution in [3.63, 3.8) is 0 Å². The SMILES string of the molecule is Cc1cccc(C)c1-c1nc(Cl)c2cc(F)c(F)cc2n1. The summed E-state index contributed by atoms with van der Waals surface area (Å²) in [7, 11) is 0. The molecule has 0 spiro atoms. The van der Waals surface area contributed by atoms with Gasteiger partial charge in [0.1, 0.15) is 5.15 Å². The third-order valence-electron chi connectivity index (χ3n) is 3.40. The molecule has 5 heteroatoms. The monoisotopic (exact) mass is 304 g/mol. The molecular formula is C16H11ClF2N2. The third-order valence-corrected chi connectivity index (χ3v) is 3.68. The van der Waals surface area contributed by atoms with Crippen molar-refractivity contribution < 1.29 is 8.78 Å². The minimum absolute atomic E-state index is 0.108. The smallest absolute Gasteiger partial charge is 0.162 e. The molecule has 0 aliphatic heterocycles. The number of aryl methyl sites for hydroxylation is 2. The quantitative estimate of drug-likeness (QED) is 0.601. The van der Waals surface area contributed by atoms with Gasteiger partial charge in [-0.3, -0.25) is 0 Å². The Labute approximate surface area is 125 Å². The summed E-state index contributed by atoms with van der Waals surface area (Å²) >= 11 is 6.10. The van der Waals surface area contributed by atoms with E-state index >= 15 is 0 Å². The molecule has 0 fully saturated rings. The van der Waals surface area contributed by atoms with Gasteiger partial charge in [0.05, 0.1) is 5.52 Å². The Kier molecular flexibility index (Phi) is 3.33. The lowest BCUT2D eigenvalue weighted by Crippen LogP contribution is -1.97. The zero-order chi connectivity index (χ0) is 15.1. The Morgan fingerprint density at radius 1 is 0.952 bits per heavy atom. The standard InChI is InChI=1S/C16H11ClF2N2/c1-8-4-3-5-9(2)14(8)16-20-13-7-12(19)11(18)6-10(13)15(17)21-16/h3-7H,1-2H3. The van der Waals surface area contributed by atoms with Crippen molar-refractivity contribution >= 4 is 22.5 Å². The van der Waals surface area contributed by atoms with Gasteiger partial charge in [-0.2, -0.15) is 0 Å². The van der Waals surface area contributed by atoms with Crippen LogP contribution in [0.2, 0.25) is 5.15 Å². The second-order valence-electron chi connectivity index (χ2n) is 4.89. The van der Waals surface area contributed by atoms with Gasteiger partial charge >= 0.3 is 0 Å². The number of aromatic nitrogens is 2. The first kappa shape index (κ1) is 13.9. The van der Waals surface area contributed by atoms with E-state index in [0.29, 0.717) is 11.2 Å². The van der Waals surface area contributed by atoms with Gasteiger partial charge in [0.25, 0.3) is 0 Å².